The molecular weight excluding hydrogens is 312 g/mol. The number of ether oxygens (including phenoxy) is 1. The highest BCUT2D eigenvalue weighted by atomic mass is 32.1. The molecule has 0 atom stereocenters. The molecule has 3 aromatic rings. The lowest BCUT2D eigenvalue weighted by Gasteiger charge is -2.07. The van der Waals surface area contributed by atoms with E-state index in [0.29, 0.717) is 12.3 Å². The summed E-state index contributed by atoms with van der Waals surface area (Å²) < 4.78 is 7.36. The molecule has 6 nitrogen and oxygen atoms in total. The predicted molar refractivity (Wildman–Crippen MR) is 88.7 cm³/mol. The Morgan fingerprint density at radius 2 is 2.09 bits per heavy atom. The van der Waals surface area contributed by atoms with Crippen LogP contribution in [0.3, 0.4) is 0 Å². The van der Waals surface area contributed by atoms with E-state index in [9.17, 15) is 0 Å². The van der Waals surface area contributed by atoms with Crippen molar-refractivity contribution in [1.82, 2.24) is 20.0 Å². The average Bonchev–Trinajstić information content (AvgIpc) is 3.12. The van der Waals surface area contributed by atoms with E-state index in [1.807, 2.05) is 44.3 Å². The van der Waals surface area contributed by atoms with Crippen LogP contribution in [0, 0.1) is 13.8 Å². The third-order valence-corrected chi connectivity index (χ3v) is 4.41. The molecule has 0 radical (unpaired) electrons. The topological polar surface area (TPSA) is 73.1 Å². The standard InChI is InChI=1S/C16H18N4O2S/c1-11-16(23-12(2)17-11)10-20-9-14(18-19-20)13-5-3-4-6-15(13)22-8-7-21/h3-6,9,21H,7-8,10H2,1-2H3. The minimum Gasteiger partial charge on any atom is -0.490 e. The first kappa shape index (κ1) is 15.6. The van der Waals surface area contributed by atoms with E-state index in [2.05, 4.69) is 15.3 Å². The van der Waals surface area contributed by atoms with Gasteiger partial charge >= 0.3 is 0 Å². The lowest BCUT2D eigenvalue weighted by atomic mass is 10.1. The Morgan fingerprint density at radius 1 is 1.26 bits per heavy atom. The van der Waals surface area contributed by atoms with Gasteiger partial charge in [0.05, 0.1) is 30.1 Å². The van der Waals surface area contributed by atoms with Crippen LogP contribution in [-0.4, -0.2) is 38.3 Å². The largest absolute Gasteiger partial charge is 0.490 e. The van der Waals surface area contributed by atoms with Gasteiger partial charge in [-0.25, -0.2) is 9.67 Å². The van der Waals surface area contributed by atoms with Gasteiger partial charge in [0.2, 0.25) is 0 Å². The highest BCUT2D eigenvalue weighted by molar-refractivity contribution is 7.11. The zero-order chi connectivity index (χ0) is 16.2. The highest BCUT2D eigenvalue weighted by Gasteiger charge is 2.12. The number of para-hydroxylation sites is 1. The van der Waals surface area contributed by atoms with Gasteiger partial charge in [0.25, 0.3) is 0 Å². The summed E-state index contributed by atoms with van der Waals surface area (Å²) >= 11 is 1.68. The molecule has 1 aromatic carbocycles. The normalized spacial score (nSPS) is 10.9. The Morgan fingerprint density at radius 3 is 2.83 bits per heavy atom. The Hall–Kier alpha value is -2.25. The number of hydrogen-bond acceptors (Lipinski definition) is 6. The summed E-state index contributed by atoms with van der Waals surface area (Å²) in [5, 5.41) is 18.4. The van der Waals surface area contributed by atoms with Crippen LogP contribution in [0.25, 0.3) is 11.3 Å². The molecule has 3 rings (SSSR count). The van der Waals surface area contributed by atoms with Crippen LogP contribution in [0.1, 0.15) is 15.6 Å². The smallest absolute Gasteiger partial charge is 0.128 e. The number of benzene rings is 1. The molecule has 2 aromatic heterocycles. The molecule has 23 heavy (non-hydrogen) atoms. The molecule has 120 valence electrons. The van der Waals surface area contributed by atoms with Crippen molar-refractivity contribution in [3.05, 3.63) is 46.0 Å². The van der Waals surface area contributed by atoms with Crippen molar-refractivity contribution >= 4 is 11.3 Å². The van der Waals surface area contributed by atoms with Gasteiger partial charge in [0.1, 0.15) is 18.1 Å². The SMILES string of the molecule is Cc1nc(C)c(Cn2cc(-c3ccccc3OCCO)nn2)s1. The van der Waals surface area contributed by atoms with Crippen molar-refractivity contribution in [2.45, 2.75) is 20.4 Å². The summed E-state index contributed by atoms with van der Waals surface area (Å²) in [6.45, 7) is 4.90. The van der Waals surface area contributed by atoms with E-state index >= 15 is 0 Å². The molecule has 0 aliphatic carbocycles. The molecule has 0 bridgehead atoms. The van der Waals surface area contributed by atoms with Gasteiger partial charge in [-0.05, 0) is 26.0 Å². The molecule has 0 aliphatic heterocycles. The fourth-order valence-electron chi connectivity index (χ4n) is 2.33. The molecule has 0 aliphatic rings. The molecule has 7 heteroatoms. The van der Waals surface area contributed by atoms with Crippen LogP contribution in [0.5, 0.6) is 5.75 Å². The minimum atomic E-state index is -0.0228. The second kappa shape index (κ2) is 6.89. The number of aryl methyl sites for hydroxylation is 2. The Balaban J connectivity index is 1.83. The third-order valence-electron chi connectivity index (χ3n) is 3.36. The van der Waals surface area contributed by atoms with Gasteiger partial charge in [0, 0.05) is 10.4 Å². The van der Waals surface area contributed by atoms with Crippen LogP contribution in [0.2, 0.25) is 0 Å². The lowest BCUT2D eigenvalue weighted by molar-refractivity contribution is 0.202. The van der Waals surface area contributed by atoms with Crippen molar-refractivity contribution in [3.8, 4) is 17.0 Å². The maximum Gasteiger partial charge on any atom is 0.128 e. The summed E-state index contributed by atoms with van der Waals surface area (Å²) in [5.41, 5.74) is 2.65. The zero-order valence-electron chi connectivity index (χ0n) is 13.1. The van der Waals surface area contributed by atoms with Crippen LogP contribution in [0.4, 0.5) is 0 Å². The van der Waals surface area contributed by atoms with Crippen molar-refractivity contribution in [1.29, 1.82) is 0 Å². The van der Waals surface area contributed by atoms with Crippen molar-refractivity contribution < 1.29 is 9.84 Å². The number of nitrogens with zero attached hydrogens (tertiary/aromatic N) is 4. The number of rotatable bonds is 6. The first-order valence-electron chi connectivity index (χ1n) is 7.33. The van der Waals surface area contributed by atoms with Gasteiger partial charge in [-0.3, -0.25) is 0 Å². The minimum absolute atomic E-state index is 0.0228. The summed E-state index contributed by atoms with van der Waals surface area (Å²) in [6.07, 6.45) is 1.90. The first-order chi connectivity index (χ1) is 11.2. The fourth-order valence-corrected chi connectivity index (χ4v) is 3.26. The molecule has 0 unspecified atom stereocenters. The van der Waals surface area contributed by atoms with Crippen molar-refractivity contribution in [2.24, 2.45) is 0 Å². The number of aliphatic hydroxyl groups is 1. The molecule has 0 fully saturated rings. The Labute approximate surface area is 138 Å². The van der Waals surface area contributed by atoms with Gasteiger partial charge in [-0.2, -0.15) is 0 Å². The molecule has 2 heterocycles. The lowest BCUT2D eigenvalue weighted by Crippen LogP contribution is -2.02. The number of aromatic nitrogens is 4. The first-order valence-corrected chi connectivity index (χ1v) is 8.15. The summed E-state index contributed by atoms with van der Waals surface area (Å²) in [6, 6.07) is 7.62. The summed E-state index contributed by atoms with van der Waals surface area (Å²) in [4.78, 5) is 5.62. The van der Waals surface area contributed by atoms with E-state index in [0.717, 1.165) is 22.0 Å². The molecule has 0 spiro atoms. The van der Waals surface area contributed by atoms with Crippen LogP contribution < -0.4 is 4.74 Å². The second-order valence-electron chi connectivity index (χ2n) is 5.11. The molecular formula is C16H18N4O2S. The van der Waals surface area contributed by atoms with E-state index < -0.39 is 0 Å². The van der Waals surface area contributed by atoms with Crippen LogP contribution in [-0.2, 0) is 6.54 Å². The molecule has 1 N–H and O–H groups in total. The zero-order valence-corrected chi connectivity index (χ0v) is 13.9. The van der Waals surface area contributed by atoms with Gasteiger partial charge in [-0.1, -0.05) is 17.3 Å². The van der Waals surface area contributed by atoms with Crippen LogP contribution in [0.15, 0.2) is 30.5 Å². The predicted octanol–water partition coefficient (Wildman–Crippen LogP) is 2.44. The highest BCUT2D eigenvalue weighted by Crippen LogP contribution is 2.28. The number of aliphatic hydroxyl groups excluding tert-OH is 1. The van der Waals surface area contributed by atoms with Crippen molar-refractivity contribution in [3.63, 3.8) is 0 Å². The Bertz CT molecular complexity index is 797. The third kappa shape index (κ3) is 3.57. The Kier molecular flexibility index (Phi) is 4.68. The monoisotopic (exact) mass is 330 g/mol. The number of hydrogen-bond donors (Lipinski definition) is 1. The second-order valence-corrected chi connectivity index (χ2v) is 6.40. The maximum absolute atomic E-state index is 8.92. The maximum atomic E-state index is 8.92. The van der Waals surface area contributed by atoms with Gasteiger partial charge < -0.3 is 9.84 Å². The number of thiazole rings is 1. The van der Waals surface area contributed by atoms with E-state index in [4.69, 9.17) is 9.84 Å². The fraction of sp³-hybridized carbons (Fsp3) is 0.312. The van der Waals surface area contributed by atoms with E-state index in [1.165, 1.54) is 4.88 Å². The van der Waals surface area contributed by atoms with Crippen LogP contribution >= 0.6 is 11.3 Å². The summed E-state index contributed by atoms with van der Waals surface area (Å²) in [7, 11) is 0. The van der Waals surface area contributed by atoms with Crippen molar-refractivity contribution in [2.75, 3.05) is 13.2 Å². The molecule has 0 amide bonds. The van der Waals surface area contributed by atoms with Gasteiger partial charge in [-0.15, -0.1) is 16.4 Å². The van der Waals surface area contributed by atoms with Gasteiger partial charge in [0.15, 0.2) is 0 Å². The van der Waals surface area contributed by atoms with E-state index in [1.54, 1.807) is 16.0 Å². The molecule has 0 saturated carbocycles. The van der Waals surface area contributed by atoms with E-state index in [-0.39, 0.29) is 13.2 Å². The summed E-state index contributed by atoms with van der Waals surface area (Å²) in [5.74, 6) is 0.693. The molecule has 0 saturated heterocycles. The quantitative estimate of drug-likeness (QED) is 0.751. The average molecular weight is 330 g/mol.